The highest BCUT2D eigenvalue weighted by Crippen LogP contribution is 2.22. The van der Waals surface area contributed by atoms with Crippen LogP contribution in [0.2, 0.25) is 0 Å². The molecule has 0 saturated heterocycles. The number of guanidine groups is 1. The van der Waals surface area contributed by atoms with Crippen molar-refractivity contribution in [2.75, 3.05) is 13.6 Å². The Bertz CT molecular complexity index is 870. The first-order valence-electron chi connectivity index (χ1n) is 10.6. The van der Waals surface area contributed by atoms with Gasteiger partial charge in [0.15, 0.2) is 5.96 Å². The molecule has 7 heteroatoms. The summed E-state index contributed by atoms with van der Waals surface area (Å²) in [5, 5.41) is 9.31. The minimum atomic E-state index is -0.0981. The highest BCUT2D eigenvalue weighted by atomic mass is 127. The maximum atomic E-state index is 11.8. The SMILES string of the molecule is CCNC(=NCc1cccc(C(=O)NC)c1)NCc1ccc(C)cc1OC(C)CC.I. The van der Waals surface area contributed by atoms with E-state index in [1.165, 1.54) is 5.56 Å². The number of halogens is 1. The van der Waals surface area contributed by atoms with Crippen molar-refractivity contribution in [2.45, 2.75) is 53.3 Å². The lowest BCUT2D eigenvalue weighted by Crippen LogP contribution is -2.37. The van der Waals surface area contributed by atoms with Gasteiger partial charge in [0, 0.05) is 31.3 Å². The average molecular weight is 538 g/mol. The summed E-state index contributed by atoms with van der Waals surface area (Å²) in [7, 11) is 1.63. The topological polar surface area (TPSA) is 74.8 Å². The molecule has 0 spiro atoms. The third-order valence-corrected chi connectivity index (χ3v) is 4.75. The molecule has 0 saturated carbocycles. The van der Waals surface area contributed by atoms with Crippen molar-refractivity contribution in [3.63, 3.8) is 0 Å². The summed E-state index contributed by atoms with van der Waals surface area (Å²) in [4.78, 5) is 16.5. The Labute approximate surface area is 203 Å². The van der Waals surface area contributed by atoms with E-state index >= 15 is 0 Å². The van der Waals surface area contributed by atoms with Crippen LogP contribution in [-0.4, -0.2) is 31.6 Å². The summed E-state index contributed by atoms with van der Waals surface area (Å²) < 4.78 is 6.11. The molecule has 0 aliphatic heterocycles. The Morgan fingerprint density at radius 2 is 1.90 bits per heavy atom. The van der Waals surface area contributed by atoms with Gasteiger partial charge in [-0.25, -0.2) is 4.99 Å². The molecule has 0 fully saturated rings. The van der Waals surface area contributed by atoms with Gasteiger partial charge in [0.2, 0.25) is 0 Å². The fourth-order valence-electron chi connectivity index (χ4n) is 2.86. The van der Waals surface area contributed by atoms with Crippen LogP contribution in [0.5, 0.6) is 5.75 Å². The van der Waals surface area contributed by atoms with E-state index in [0.717, 1.165) is 35.8 Å². The number of hydrogen-bond donors (Lipinski definition) is 3. The molecule has 0 aliphatic carbocycles. The zero-order valence-corrected chi connectivity index (χ0v) is 21.4. The maximum absolute atomic E-state index is 11.8. The predicted molar refractivity (Wildman–Crippen MR) is 138 cm³/mol. The zero-order valence-electron chi connectivity index (χ0n) is 19.1. The molecule has 0 radical (unpaired) electrons. The second kappa shape index (κ2) is 13.9. The van der Waals surface area contributed by atoms with E-state index in [2.05, 4.69) is 59.9 Å². The van der Waals surface area contributed by atoms with Crippen LogP contribution in [0.4, 0.5) is 0 Å². The largest absolute Gasteiger partial charge is 0.490 e. The van der Waals surface area contributed by atoms with Gasteiger partial charge in [0.05, 0.1) is 12.6 Å². The van der Waals surface area contributed by atoms with Gasteiger partial charge in [-0.05, 0) is 56.5 Å². The number of ether oxygens (including phenoxy) is 1. The Kier molecular flexibility index (Phi) is 12.0. The van der Waals surface area contributed by atoms with Gasteiger partial charge in [0.25, 0.3) is 5.91 Å². The number of nitrogens with zero attached hydrogens (tertiary/aromatic N) is 1. The second-order valence-electron chi connectivity index (χ2n) is 7.28. The van der Waals surface area contributed by atoms with Crippen LogP contribution in [0.3, 0.4) is 0 Å². The van der Waals surface area contributed by atoms with Crippen LogP contribution in [0, 0.1) is 6.92 Å². The van der Waals surface area contributed by atoms with Gasteiger partial charge < -0.3 is 20.7 Å². The lowest BCUT2D eigenvalue weighted by Gasteiger charge is -2.18. The Morgan fingerprint density at radius 1 is 1.13 bits per heavy atom. The first kappa shape index (κ1) is 26.7. The molecule has 31 heavy (non-hydrogen) atoms. The van der Waals surface area contributed by atoms with Crippen LogP contribution in [0.1, 0.15) is 54.2 Å². The molecular weight excluding hydrogens is 503 g/mol. The summed E-state index contributed by atoms with van der Waals surface area (Å²) >= 11 is 0. The van der Waals surface area contributed by atoms with Crippen molar-refractivity contribution in [3.8, 4) is 5.75 Å². The van der Waals surface area contributed by atoms with Crippen LogP contribution in [0.15, 0.2) is 47.5 Å². The van der Waals surface area contributed by atoms with Gasteiger partial charge in [0.1, 0.15) is 5.75 Å². The van der Waals surface area contributed by atoms with Crippen molar-refractivity contribution in [2.24, 2.45) is 4.99 Å². The second-order valence-corrected chi connectivity index (χ2v) is 7.28. The Balaban J connectivity index is 0.00000480. The normalized spacial score (nSPS) is 11.8. The summed E-state index contributed by atoms with van der Waals surface area (Å²) in [6, 6.07) is 13.8. The zero-order chi connectivity index (χ0) is 21.9. The monoisotopic (exact) mass is 538 g/mol. The van der Waals surface area contributed by atoms with E-state index in [0.29, 0.717) is 18.7 Å². The van der Waals surface area contributed by atoms with E-state index < -0.39 is 0 Å². The number of aryl methyl sites for hydroxylation is 1. The predicted octanol–water partition coefficient (Wildman–Crippen LogP) is 4.41. The number of nitrogens with one attached hydrogen (secondary N) is 3. The van der Waals surface area contributed by atoms with Gasteiger partial charge in [-0.1, -0.05) is 31.2 Å². The van der Waals surface area contributed by atoms with Gasteiger partial charge in [-0.15, -0.1) is 24.0 Å². The molecule has 1 unspecified atom stereocenters. The first-order chi connectivity index (χ1) is 14.5. The van der Waals surface area contributed by atoms with Crippen molar-refractivity contribution < 1.29 is 9.53 Å². The summed E-state index contributed by atoms with van der Waals surface area (Å²) in [6.07, 6.45) is 1.13. The minimum absolute atomic E-state index is 0. The molecule has 0 aliphatic rings. The maximum Gasteiger partial charge on any atom is 0.251 e. The van der Waals surface area contributed by atoms with Crippen molar-refractivity contribution in [1.29, 1.82) is 0 Å². The molecule has 2 rings (SSSR count). The standard InChI is InChI=1S/C24H34N4O2.HI/c1-6-18(4)30-22-13-17(3)11-12-21(22)16-28-24(26-7-2)27-15-19-9-8-10-20(14-19)23(29)25-5;/h8-14,18H,6-7,15-16H2,1-5H3,(H,25,29)(H2,26,27,28);1H. The third kappa shape index (κ3) is 8.77. The van der Waals surface area contributed by atoms with Crippen molar-refractivity contribution in [1.82, 2.24) is 16.0 Å². The molecule has 6 nitrogen and oxygen atoms in total. The highest BCUT2D eigenvalue weighted by Gasteiger charge is 2.09. The number of carbonyl (C=O) groups is 1. The van der Waals surface area contributed by atoms with Crippen molar-refractivity contribution >= 4 is 35.8 Å². The number of rotatable bonds is 9. The van der Waals surface area contributed by atoms with Crippen LogP contribution < -0.4 is 20.7 Å². The average Bonchev–Trinajstić information content (AvgIpc) is 2.76. The molecule has 2 aromatic rings. The van der Waals surface area contributed by atoms with E-state index in [1.54, 1.807) is 13.1 Å². The molecule has 1 atom stereocenters. The third-order valence-electron chi connectivity index (χ3n) is 4.75. The van der Waals surface area contributed by atoms with E-state index in [4.69, 9.17) is 4.74 Å². The fourth-order valence-corrected chi connectivity index (χ4v) is 2.86. The fraction of sp³-hybridized carbons (Fsp3) is 0.417. The number of benzene rings is 2. The molecule has 0 aromatic heterocycles. The molecule has 3 N–H and O–H groups in total. The number of aliphatic imine (C=N–C) groups is 1. The quantitative estimate of drug-likeness (QED) is 0.251. The molecule has 0 bridgehead atoms. The van der Waals surface area contributed by atoms with Crippen LogP contribution in [0.25, 0.3) is 0 Å². The van der Waals surface area contributed by atoms with E-state index in [9.17, 15) is 4.79 Å². The van der Waals surface area contributed by atoms with Crippen LogP contribution >= 0.6 is 24.0 Å². The van der Waals surface area contributed by atoms with Crippen LogP contribution in [-0.2, 0) is 13.1 Å². The number of carbonyl (C=O) groups excluding carboxylic acids is 1. The van der Waals surface area contributed by atoms with Gasteiger partial charge in [-0.3, -0.25) is 4.79 Å². The van der Waals surface area contributed by atoms with E-state index in [1.807, 2.05) is 25.1 Å². The Hall–Kier alpha value is -2.29. The minimum Gasteiger partial charge on any atom is -0.490 e. The lowest BCUT2D eigenvalue weighted by molar-refractivity contribution is 0.0963. The molecular formula is C24H35IN4O2. The number of amides is 1. The lowest BCUT2D eigenvalue weighted by atomic mass is 10.1. The van der Waals surface area contributed by atoms with E-state index in [-0.39, 0.29) is 36.0 Å². The summed E-state index contributed by atoms with van der Waals surface area (Å²) in [5.74, 6) is 1.53. The smallest absolute Gasteiger partial charge is 0.251 e. The number of hydrogen-bond acceptors (Lipinski definition) is 3. The molecule has 170 valence electrons. The first-order valence-corrected chi connectivity index (χ1v) is 10.6. The van der Waals surface area contributed by atoms with Crippen molar-refractivity contribution in [3.05, 3.63) is 64.7 Å². The highest BCUT2D eigenvalue weighted by molar-refractivity contribution is 14.0. The summed E-state index contributed by atoms with van der Waals surface area (Å²) in [5.41, 5.74) is 3.88. The summed E-state index contributed by atoms with van der Waals surface area (Å²) in [6.45, 7) is 10.1. The molecule has 0 heterocycles. The van der Waals surface area contributed by atoms with Gasteiger partial charge >= 0.3 is 0 Å². The molecule has 2 aromatic carbocycles. The Morgan fingerprint density at radius 3 is 2.58 bits per heavy atom. The molecule has 1 amide bonds. The van der Waals surface area contributed by atoms with Gasteiger partial charge in [-0.2, -0.15) is 0 Å².